The third-order valence-corrected chi connectivity index (χ3v) is 6.14. The number of aromatic nitrogens is 1. The fourth-order valence-electron chi connectivity index (χ4n) is 4.76. The Bertz CT molecular complexity index is 745. The molecule has 1 aromatic heterocycles. The smallest absolute Gasteiger partial charge is 0.0607 e. The average molecular weight is 365 g/mol. The van der Waals surface area contributed by atoms with Gasteiger partial charge >= 0.3 is 0 Å². The number of benzene rings is 1. The van der Waals surface area contributed by atoms with Crippen LogP contribution >= 0.6 is 0 Å². The van der Waals surface area contributed by atoms with Crippen molar-refractivity contribution in [1.82, 2.24) is 15.2 Å². The molecule has 144 valence electrons. The number of nitrogens with one attached hydrogen (secondary N) is 1. The van der Waals surface area contributed by atoms with Gasteiger partial charge in [0.1, 0.15) is 0 Å². The quantitative estimate of drug-likeness (QED) is 0.740. The lowest BCUT2D eigenvalue weighted by Crippen LogP contribution is -2.42. The number of fused-ring (bicyclic) bond motifs is 2. The van der Waals surface area contributed by atoms with Crippen LogP contribution in [-0.4, -0.2) is 36.1 Å². The van der Waals surface area contributed by atoms with Crippen LogP contribution in [0.15, 0.2) is 42.6 Å². The highest BCUT2D eigenvalue weighted by Gasteiger charge is 2.30. The van der Waals surface area contributed by atoms with Crippen molar-refractivity contribution in [2.24, 2.45) is 5.73 Å². The van der Waals surface area contributed by atoms with E-state index in [2.05, 4.69) is 46.6 Å². The van der Waals surface area contributed by atoms with Crippen LogP contribution in [0.3, 0.4) is 0 Å². The van der Waals surface area contributed by atoms with Crippen molar-refractivity contribution >= 4 is 0 Å². The van der Waals surface area contributed by atoms with Gasteiger partial charge in [-0.2, -0.15) is 0 Å². The van der Waals surface area contributed by atoms with Crippen molar-refractivity contribution in [3.63, 3.8) is 0 Å². The normalized spacial score (nSPS) is 21.7. The number of nitrogens with two attached hydrogens (primary N) is 1. The summed E-state index contributed by atoms with van der Waals surface area (Å²) in [7, 11) is 0. The van der Waals surface area contributed by atoms with Crippen molar-refractivity contribution < 1.29 is 0 Å². The maximum atomic E-state index is 5.77. The molecule has 0 amide bonds. The maximum Gasteiger partial charge on any atom is 0.0607 e. The Morgan fingerprint density at radius 2 is 1.96 bits per heavy atom. The minimum atomic E-state index is 0.405. The number of unbranched alkanes of at least 4 members (excludes halogenated alkanes) is 1. The zero-order chi connectivity index (χ0) is 18.5. The average Bonchev–Trinajstić information content (AvgIpc) is 2.73. The van der Waals surface area contributed by atoms with E-state index in [4.69, 9.17) is 10.7 Å². The van der Waals surface area contributed by atoms with Gasteiger partial charge in [0.15, 0.2) is 0 Å². The molecule has 2 atom stereocenters. The second-order valence-electron chi connectivity index (χ2n) is 7.90. The van der Waals surface area contributed by atoms with Crippen LogP contribution in [0.5, 0.6) is 0 Å². The predicted molar refractivity (Wildman–Crippen MR) is 111 cm³/mol. The summed E-state index contributed by atoms with van der Waals surface area (Å²) in [5.41, 5.74) is 11.5. The molecular weight excluding hydrogens is 332 g/mol. The molecule has 4 nitrogen and oxygen atoms in total. The summed E-state index contributed by atoms with van der Waals surface area (Å²) in [4.78, 5) is 7.48. The summed E-state index contributed by atoms with van der Waals surface area (Å²) in [5, 5.41) is 3.77. The molecule has 0 spiro atoms. The van der Waals surface area contributed by atoms with Gasteiger partial charge in [0.2, 0.25) is 0 Å². The second-order valence-corrected chi connectivity index (χ2v) is 7.90. The predicted octanol–water partition coefficient (Wildman–Crippen LogP) is 3.39. The highest BCUT2D eigenvalue weighted by molar-refractivity contribution is 5.33. The summed E-state index contributed by atoms with van der Waals surface area (Å²) in [6.07, 6.45) is 8.97. The third-order valence-electron chi connectivity index (χ3n) is 6.14. The first-order valence-corrected chi connectivity index (χ1v) is 10.6. The van der Waals surface area contributed by atoms with E-state index in [-0.39, 0.29) is 0 Å². The van der Waals surface area contributed by atoms with Gasteiger partial charge in [0.05, 0.1) is 11.7 Å². The molecule has 27 heavy (non-hydrogen) atoms. The first kappa shape index (κ1) is 18.6. The molecule has 2 aromatic rings. The molecule has 1 aliphatic carbocycles. The molecule has 3 N–H and O–H groups in total. The van der Waals surface area contributed by atoms with Gasteiger partial charge < -0.3 is 11.1 Å². The molecule has 4 rings (SSSR count). The fourth-order valence-corrected chi connectivity index (χ4v) is 4.76. The van der Waals surface area contributed by atoms with E-state index < -0.39 is 0 Å². The summed E-state index contributed by atoms with van der Waals surface area (Å²) < 4.78 is 0. The molecule has 0 unspecified atom stereocenters. The van der Waals surface area contributed by atoms with E-state index in [0.29, 0.717) is 12.1 Å². The molecule has 0 bridgehead atoms. The van der Waals surface area contributed by atoms with Crippen molar-refractivity contribution in [3.8, 4) is 0 Å². The van der Waals surface area contributed by atoms with E-state index in [0.717, 1.165) is 45.4 Å². The van der Waals surface area contributed by atoms with E-state index in [1.807, 2.05) is 6.20 Å². The van der Waals surface area contributed by atoms with Crippen LogP contribution in [0.2, 0.25) is 0 Å². The van der Waals surface area contributed by atoms with Crippen LogP contribution in [0.4, 0.5) is 0 Å². The molecule has 2 aliphatic rings. The number of nitrogens with zero attached hydrogens (tertiary/aromatic N) is 2. The Hall–Kier alpha value is -1.75. The highest BCUT2D eigenvalue weighted by Crippen LogP contribution is 2.35. The van der Waals surface area contributed by atoms with E-state index >= 15 is 0 Å². The first-order chi connectivity index (χ1) is 13.4. The zero-order valence-corrected chi connectivity index (χ0v) is 16.2. The standard InChI is InChI=1S/C23H32N4/c24-13-3-4-16-27(22-11-5-8-19-9-6-14-26-23(19)22)17-21-20-10-2-1-7-18(20)12-15-25-21/h1-2,6-7,9-10,14,21-22,25H,3-5,8,11-13,15-17,24H2/t21-,22-/m0/s1. The zero-order valence-electron chi connectivity index (χ0n) is 16.2. The van der Waals surface area contributed by atoms with Crippen molar-refractivity contribution in [1.29, 1.82) is 0 Å². The van der Waals surface area contributed by atoms with E-state index in [1.165, 1.54) is 41.6 Å². The van der Waals surface area contributed by atoms with Crippen molar-refractivity contribution in [3.05, 3.63) is 65.0 Å². The summed E-state index contributed by atoms with van der Waals surface area (Å²) in [6, 6.07) is 14.1. The van der Waals surface area contributed by atoms with Gasteiger partial charge in [-0.1, -0.05) is 30.3 Å². The molecule has 0 saturated carbocycles. The molecule has 0 fully saturated rings. The largest absolute Gasteiger partial charge is 0.330 e. The monoisotopic (exact) mass is 364 g/mol. The van der Waals surface area contributed by atoms with E-state index in [1.54, 1.807) is 0 Å². The van der Waals surface area contributed by atoms with Crippen molar-refractivity contribution in [2.45, 2.75) is 50.6 Å². The Morgan fingerprint density at radius 3 is 2.89 bits per heavy atom. The van der Waals surface area contributed by atoms with Gasteiger partial charge in [-0.05, 0) is 80.9 Å². The number of rotatable bonds is 7. The molecule has 1 aliphatic heterocycles. The lowest BCUT2D eigenvalue weighted by atomic mass is 9.89. The van der Waals surface area contributed by atoms with Gasteiger partial charge in [-0.15, -0.1) is 0 Å². The molecule has 4 heteroatoms. The number of hydrogen-bond acceptors (Lipinski definition) is 4. The summed E-state index contributed by atoms with van der Waals surface area (Å²) >= 11 is 0. The van der Waals surface area contributed by atoms with Gasteiger partial charge in [0, 0.05) is 18.8 Å². The Morgan fingerprint density at radius 1 is 1.07 bits per heavy atom. The van der Waals surface area contributed by atoms with Crippen LogP contribution < -0.4 is 11.1 Å². The van der Waals surface area contributed by atoms with E-state index in [9.17, 15) is 0 Å². The van der Waals surface area contributed by atoms with Crippen LogP contribution in [0.1, 0.15) is 60.2 Å². The Balaban J connectivity index is 1.57. The van der Waals surface area contributed by atoms with Gasteiger partial charge in [-0.3, -0.25) is 9.88 Å². The minimum Gasteiger partial charge on any atom is -0.330 e. The van der Waals surface area contributed by atoms with Crippen LogP contribution in [0, 0.1) is 0 Å². The lowest BCUT2D eigenvalue weighted by Gasteiger charge is -2.39. The van der Waals surface area contributed by atoms with Crippen LogP contribution in [-0.2, 0) is 12.8 Å². The first-order valence-electron chi connectivity index (χ1n) is 10.6. The molecule has 1 aromatic carbocycles. The molecular formula is C23H32N4. The number of aryl methyl sites for hydroxylation is 1. The molecule has 0 radical (unpaired) electrons. The Labute approximate surface area is 163 Å². The number of hydrogen-bond donors (Lipinski definition) is 2. The Kier molecular flexibility index (Phi) is 6.17. The van der Waals surface area contributed by atoms with Crippen LogP contribution in [0.25, 0.3) is 0 Å². The van der Waals surface area contributed by atoms with Crippen molar-refractivity contribution in [2.75, 3.05) is 26.2 Å². The minimum absolute atomic E-state index is 0.405. The SMILES string of the molecule is NCCCCN(C[C@@H]1NCCc2ccccc21)[C@H]1CCCc2cccnc21. The third kappa shape index (κ3) is 4.23. The maximum absolute atomic E-state index is 5.77. The number of pyridine rings is 1. The van der Waals surface area contributed by atoms with Gasteiger partial charge in [-0.25, -0.2) is 0 Å². The van der Waals surface area contributed by atoms with Gasteiger partial charge in [0.25, 0.3) is 0 Å². The highest BCUT2D eigenvalue weighted by atomic mass is 15.2. The molecule has 0 saturated heterocycles. The summed E-state index contributed by atoms with van der Waals surface area (Å²) in [5.74, 6) is 0. The lowest BCUT2D eigenvalue weighted by molar-refractivity contribution is 0.152. The summed E-state index contributed by atoms with van der Waals surface area (Å²) in [6.45, 7) is 3.98. The molecule has 2 heterocycles. The topological polar surface area (TPSA) is 54.2 Å². The fraction of sp³-hybridized carbons (Fsp3) is 0.522. The second kappa shape index (κ2) is 8.96.